The van der Waals surface area contributed by atoms with Crippen molar-refractivity contribution < 1.29 is 9.59 Å². The first-order chi connectivity index (χ1) is 9.44. The van der Waals surface area contributed by atoms with E-state index in [2.05, 4.69) is 10.6 Å². The molecule has 0 spiro atoms. The Morgan fingerprint density at radius 1 is 1.15 bits per heavy atom. The van der Waals surface area contributed by atoms with E-state index in [1.165, 1.54) is 5.56 Å². The van der Waals surface area contributed by atoms with Crippen molar-refractivity contribution in [2.45, 2.75) is 46.2 Å². The molecule has 1 aliphatic carbocycles. The number of amides is 2. The minimum atomic E-state index is -0.824. The molecule has 4 heteroatoms. The number of hydrogen-bond donors (Lipinski definition) is 2. The second kappa shape index (κ2) is 5.65. The fraction of sp³-hybridized carbons (Fsp3) is 0.500. The zero-order valence-electron chi connectivity index (χ0n) is 12.3. The van der Waals surface area contributed by atoms with Gasteiger partial charge in [0.25, 0.3) is 0 Å². The van der Waals surface area contributed by atoms with Gasteiger partial charge < -0.3 is 10.6 Å². The number of nitrogens with one attached hydrogen (secondary N) is 2. The molecule has 108 valence electrons. The lowest BCUT2D eigenvalue weighted by molar-refractivity contribution is -0.137. The molecule has 0 unspecified atom stereocenters. The van der Waals surface area contributed by atoms with E-state index in [0.717, 1.165) is 5.56 Å². The summed E-state index contributed by atoms with van der Waals surface area (Å²) >= 11 is 0. The highest BCUT2D eigenvalue weighted by atomic mass is 16.2. The Morgan fingerprint density at radius 3 is 2.25 bits per heavy atom. The largest absolute Gasteiger partial charge is 0.353 e. The first-order valence-electron chi connectivity index (χ1n) is 7.09. The lowest BCUT2D eigenvalue weighted by atomic mass is 10.0. The standard InChI is InChI=1S/C16H22N2O2/c1-11(2)18-15(20)16(8-9-16)14(19)17-10-13-6-4-12(3)5-7-13/h4-7,11H,8-10H2,1-3H3,(H,17,19)(H,18,20). The van der Waals surface area contributed by atoms with Gasteiger partial charge in [-0.3, -0.25) is 9.59 Å². The normalized spacial score (nSPS) is 15.8. The fourth-order valence-electron chi connectivity index (χ4n) is 2.14. The van der Waals surface area contributed by atoms with Crippen molar-refractivity contribution in [1.82, 2.24) is 10.6 Å². The average molecular weight is 274 g/mol. The monoisotopic (exact) mass is 274 g/mol. The summed E-state index contributed by atoms with van der Waals surface area (Å²) in [6.07, 6.45) is 1.29. The van der Waals surface area contributed by atoms with E-state index < -0.39 is 5.41 Å². The molecule has 20 heavy (non-hydrogen) atoms. The topological polar surface area (TPSA) is 58.2 Å². The Labute approximate surface area is 119 Å². The minimum absolute atomic E-state index is 0.0601. The third kappa shape index (κ3) is 3.18. The highest BCUT2D eigenvalue weighted by Crippen LogP contribution is 2.46. The molecule has 2 rings (SSSR count). The van der Waals surface area contributed by atoms with E-state index in [0.29, 0.717) is 19.4 Å². The lowest BCUT2D eigenvalue weighted by Gasteiger charge is -2.17. The van der Waals surface area contributed by atoms with Gasteiger partial charge in [-0.05, 0) is 39.2 Å². The summed E-state index contributed by atoms with van der Waals surface area (Å²) < 4.78 is 0. The summed E-state index contributed by atoms with van der Waals surface area (Å²) in [6.45, 7) is 6.30. The van der Waals surface area contributed by atoms with Crippen LogP contribution in [0.4, 0.5) is 0 Å². The molecule has 2 N–H and O–H groups in total. The third-order valence-electron chi connectivity index (χ3n) is 3.61. The van der Waals surface area contributed by atoms with Crippen LogP contribution in [0, 0.1) is 12.3 Å². The minimum Gasteiger partial charge on any atom is -0.353 e. The molecule has 0 saturated heterocycles. The SMILES string of the molecule is Cc1ccc(CNC(=O)C2(C(=O)NC(C)C)CC2)cc1. The predicted molar refractivity (Wildman–Crippen MR) is 78.0 cm³/mol. The summed E-state index contributed by atoms with van der Waals surface area (Å²) in [4.78, 5) is 24.3. The van der Waals surface area contributed by atoms with Crippen molar-refractivity contribution in [2.75, 3.05) is 0 Å². The molecule has 0 radical (unpaired) electrons. The number of benzene rings is 1. The first kappa shape index (κ1) is 14.6. The van der Waals surface area contributed by atoms with Crippen molar-refractivity contribution in [3.8, 4) is 0 Å². The predicted octanol–water partition coefficient (Wildman–Crippen LogP) is 1.92. The van der Waals surface area contributed by atoms with Crippen molar-refractivity contribution in [2.24, 2.45) is 5.41 Å². The summed E-state index contributed by atoms with van der Waals surface area (Å²) in [7, 11) is 0. The molecule has 1 fully saturated rings. The molecular formula is C16H22N2O2. The lowest BCUT2D eigenvalue weighted by Crippen LogP contribution is -2.44. The molecule has 4 nitrogen and oxygen atoms in total. The molecule has 0 atom stereocenters. The second-order valence-corrected chi connectivity index (χ2v) is 5.88. The van der Waals surface area contributed by atoms with Crippen molar-refractivity contribution in [1.29, 1.82) is 0 Å². The average Bonchev–Trinajstić information content (AvgIpc) is 3.18. The summed E-state index contributed by atoms with van der Waals surface area (Å²) in [5.41, 5.74) is 1.41. The summed E-state index contributed by atoms with van der Waals surface area (Å²) in [6, 6.07) is 8.07. The number of rotatable bonds is 5. The Balaban J connectivity index is 1.91. The van der Waals surface area contributed by atoms with Gasteiger partial charge in [-0.2, -0.15) is 0 Å². The zero-order chi connectivity index (χ0) is 14.8. The van der Waals surface area contributed by atoms with Crippen molar-refractivity contribution >= 4 is 11.8 Å². The molecule has 1 saturated carbocycles. The van der Waals surface area contributed by atoms with Crippen molar-refractivity contribution in [3.63, 3.8) is 0 Å². The van der Waals surface area contributed by atoms with E-state index in [9.17, 15) is 9.59 Å². The van der Waals surface area contributed by atoms with Gasteiger partial charge in [0.1, 0.15) is 5.41 Å². The number of carbonyl (C=O) groups is 2. The van der Waals surface area contributed by atoms with E-state index >= 15 is 0 Å². The van der Waals surface area contributed by atoms with Crippen LogP contribution in [0.15, 0.2) is 24.3 Å². The molecule has 1 aliphatic rings. The molecule has 0 heterocycles. The third-order valence-corrected chi connectivity index (χ3v) is 3.61. The van der Waals surface area contributed by atoms with Crippen LogP contribution in [0.1, 0.15) is 37.8 Å². The Morgan fingerprint density at radius 2 is 1.75 bits per heavy atom. The molecule has 0 bridgehead atoms. The van der Waals surface area contributed by atoms with Crippen LogP contribution in [0.25, 0.3) is 0 Å². The van der Waals surface area contributed by atoms with E-state index in [1.807, 2.05) is 45.0 Å². The van der Waals surface area contributed by atoms with Gasteiger partial charge in [0.15, 0.2) is 0 Å². The van der Waals surface area contributed by atoms with Crippen LogP contribution < -0.4 is 10.6 Å². The molecule has 1 aromatic carbocycles. The van der Waals surface area contributed by atoms with E-state index in [-0.39, 0.29) is 17.9 Å². The van der Waals surface area contributed by atoms with Crippen LogP contribution in [0.5, 0.6) is 0 Å². The van der Waals surface area contributed by atoms with Crippen LogP contribution in [0.2, 0.25) is 0 Å². The highest BCUT2D eigenvalue weighted by Gasteiger charge is 2.56. The Hall–Kier alpha value is -1.84. The number of hydrogen-bond acceptors (Lipinski definition) is 2. The molecular weight excluding hydrogens is 252 g/mol. The van der Waals surface area contributed by atoms with E-state index in [4.69, 9.17) is 0 Å². The van der Waals surface area contributed by atoms with Gasteiger partial charge in [-0.25, -0.2) is 0 Å². The van der Waals surface area contributed by atoms with Gasteiger partial charge in [0.2, 0.25) is 11.8 Å². The van der Waals surface area contributed by atoms with Gasteiger partial charge in [-0.15, -0.1) is 0 Å². The quantitative estimate of drug-likeness (QED) is 0.806. The maximum atomic E-state index is 12.2. The van der Waals surface area contributed by atoms with Crippen LogP contribution in [0.3, 0.4) is 0 Å². The smallest absolute Gasteiger partial charge is 0.235 e. The van der Waals surface area contributed by atoms with Crippen LogP contribution in [-0.4, -0.2) is 17.9 Å². The molecule has 0 aromatic heterocycles. The molecule has 0 aliphatic heterocycles. The van der Waals surface area contributed by atoms with Crippen molar-refractivity contribution in [3.05, 3.63) is 35.4 Å². The zero-order valence-corrected chi connectivity index (χ0v) is 12.3. The van der Waals surface area contributed by atoms with Gasteiger partial charge in [-0.1, -0.05) is 29.8 Å². The van der Waals surface area contributed by atoms with Crippen LogP contribution >= 0.6 is 0 Å². The van der Waals surface area contributed by atoms with Gasteiger partial charge in [0.05, 0.1) is 0 Å². The number of aryl methyl sites for hydroxylation is 1. The van der Waals surface area contributed by atoms with E-state index in [1.54, 1.807) is 0 Å². The first-order valence-corrected chi connectivity index (χ1v) is 7.09. The highest BCUT2D eigenvalue weighted by molar-refractivity contribution is 6.07. The number of carbonyl (C=O) groups excluding carboxylic acids is 2. The van der Waals surface area contributed by atoms with Crippen LogP contribution in [-0.2, 0) is 16.1 Å². The maximum absolute atomic E-state index is 12.2. The fourth-order valence-corrected chi connectivity index (χ4v) is 2.14. The Kier molecular flexibility index (Phi) is 4.12. The molecule has 1 aromatic rings. The summed E-state index contributed by atoms with van der Waals surface area (Å²) in [5.74, 6) is -0.301. The second-order valence-electron chi connectivity index (χ2n) is 5.88. The Bertz CT molecular complexity index is 502. The van der Waals surface area contributed by atoms with Gasteiger partial charge >= 0.3 is 0 Å². The van der Waals surface area contributed by atoms with Gasteiger partial charge in [0, 0.05) is 12.6 Å². The maximum Gasteiger partial charge on any atom is 0.235 e. The molecule has 2 amide bonds. The summed E-state index contributed by atoms with van der Waals surface area (Å²) in [5, 5.41) is 5.71.